The Kier molecular flexibility index (Phi) is 2.28. The molecule has 14 heavy (non-hydrogen) atoms. The summed E-state index contributed by atoms with van der Waals surface area (Å²) in [6.45, 7) is 5.26. The molecule has 0 spiro atoms. The second-order valence-electron chi connectivity index (χ2n) is 4.07. The fourth-order valence-electron chi connectivity index (χ4n) is 1.52. The van der Waals surface area contributed by atoms with Crippen LogP contribution in [0.2, 0.25) is 0 Å². The first-order chi connectivity index (χ1) is 6.62. The highest BCUT2D eigenvalue weighted by atomic mass is 16.5. The number of hydrogen-bond acceptors (Lipinski definition) is 5. The van der Waals surface area contributed by atoms with Crippen molar-refractivity contribution in [2.24, 2.45) is 0 Å². The van der Waals surface area contributed by atoms with Crippen LogP contribution in [0.4, 0.5) is 0 Å². The van der Waals surface area contributed by atoms with E-state index < -0.39 is 5.60 Å². The molecule has 0 aliphatic carbocycles. The SMILES string of the molecule is CC(C)c1noc([C@]2(O)CCNC2)n1. The van der Waals surface area contributed by atoms with Crippen LogP contribution in [0.5, 0.6) is 0 Å². The summed E-state index contributed by atoms with van der Waals surface area (Å²) in [5.74, 6) is 1.22. The lowest BCUT2D eigenvalue weighted by molar-refractivity contribution is 0.0243. The van der Waals surface area contributed by atoms with Crippen molar-refractivity contribution in [3.63, 3.8) is 0 Å². The molecule has 1 fully saturated rings. The normalized spacial score (nSPS) is 27.4. The minimum absolute atomic E-state index is 0.227. The third-order valence-electron chi connectivity index (χ3n) is 2.49. The van der Waals surface area contributed by atoms with Crippen LogP contribution >= 0.6 is 0 Å². The van der Waals surface area contributed by atoms with Crippen LogP contribution in [0.25, 0.3) is 0 Å². The van der Waals surface area contributed by atoms with Gasteiger partial charge in [-0.15, -0.1) is 0 Å². The van der Waals surface area contributed by atoms with Gasteiger partial charge in [0.05, 0.1) is 0 Å². The van der Waals surface area contributed by atoms with E-state index in [1.807, 2.05) is 13.8 Å². The van der Waals surface area contributed by atoms with Crippen LogP contribution < -0.4 is 5.32 Å². The van der Waals surface area contributed by atoms with Gasteiger partial charge in [0.25, 0.3) is 5.89 Å². The second kappa shape index (κ2) is 3.33. The van der Waals surface area contributed by atoms with Gasteiger partial charge in [-0.05, 0) is 13.0 Å². The molecular weight excluding hydrogens is 182 g/mol. The molecule has 2 heterocycles. The van der Waals surface area contributed by atoms with Crippen molar-refractivity contribution in [3.05, 3.63) is 11.7 Å². The van der Waals surface area contributed by atoms with E-state index in [0.29, 0.717) is 24.7 Å². The van der Waals surface area contributed by atoms with Crippen LogP contribution in [-0.2, 0) is 5.60 Å². The highest BCUT2D eigenvalue weighted by Gasteiger charge is 2.38. The molecule has 5 nitrogen and oxygen atoms in total. The average Bonchev–Trinajstić information content (AvgIpc) is 2.71. The number of hydrogen-bond donors (Lipinski definition) is 2. The summed E-state index contributed by atoms with van der Waals surface area (Å²) in [6.07, 6.45) is 0.632. The van der Waals surface area contributed by atoms with E-state index in [0.717, 1.165) is 6.54 Å². The van der Waals surface area contributed by atoms with Crippen LogP contribution in [0.15, 0.2) is 4.52 Å². The zero-order chi connectivity index (χ0) is 10.2. The first-order valence-electron chi connectivity index (χ1n) is 4.89. The van der Waals surface area contributed by atoms with Crippen LogP contribution in [0, 0.1) is 0 Å². The van der Waals surface area contributed by atoms with Crippen LogP contribution in [-0.4, -0.2) is 28.3 Å². The summed E-state index contributed by atoms with van der Waals surface area (Å²) in [6, 6.07) is 0. The van der Waals surface area contributed by atoms with Gasteiger partial charge >= 0.3 is 0 Å². The van der Waals surface area contributed by atoms with Gasteiger partial charge < -0.3 is 14.9 Å². The van der Waals surface area contributed by atoms with Crippen molar-refractivity contribution < 1.29 is 9.63 Å². The van der Waals surface area contributed by atoms with Gasteiger partial charge in [-0.2, -0.15) is 4.98 Å². The van der Waals surface area contributed by atoms with Crippen molar-refractivity contribution in [1.29, 1.82) is 0 Å². The fourth-order valence-corrected chi connectivity index (χ4v) is 1.52. The molecule has 1 atom stereocenters. The summed E-state index contributed by atoms with van der Waals surface area (Å²) in [4.78, 5) is 4.20. The number of nitrogens with one attached hydrogen (secondary N) is 1. The van der Waals surface area contributed by atoms with Crippen molar-refractivity contribution in [1.82, 2.24) is 15.5 Å². The molecule has 0 unspecified atom stereocenters. The van der Waals surface area contributed by atoms with E-state index in [2.05, 4.69) is 15.5 Å². The van der Waals surface area contributed by atoms with E-state index in [9.17, 15) is 5.11 Å². The number of aromatic nitrogens is 2. The van der Waals surface area contributed by atoms with E-state index in [1.165, 1.54) is 0 Å². The Morgan fingerprint density at radius 3 is 2.86 bits per heavy atom. The highest BCUT2D eigenvalue weighted by Crippen LogP contribution is 2.26. The third-order valence-corrected chi connectivity index (χ3v) is 2.49. The molecule has 1 aromatic rings. The van der Waals surface area contributed by atoms with Gasteiger partial charge in [-0.25, -0.2) is 0 Å². The molecule has 0 bridgehead atoms. The fraction of sp³-hybridized carbons (Fsp3) is 0.778. The van der Waals surface area contributed by atoms with Crippen LogP contribution in [0.1, 0.15) is 37.9 Å². The predicted octanol–water partition coefficient (Wildman–Crippen LogP) is 0.374. The molecule has 0 aromatic carbocycles. The molecule has 0 saturated carbocycles. The standard InChI is InChI=1S/C9H15N3O2/c1-6(2)7-11-8(14-12-7)9(13)3-4-10-5-9/h6,10,13H,3-5H2,1-2H3/t9-/m0/s1. The smallest absolute Gasteiger partial charge is 0.259 e. The molecule has 1 aromatic heterocycles. The number of β-amino-alcohol motifs (C(OH)–C–C–N with tert-alkyl or cyclic N) is 1. The maximum atomic E-state index is 10.1. The molecule has 5 heteroatoms. The topological polar surface area (TPSA) is 71.2 Å². The van der Waals surface area contributed by atoms with Gasteiger partial charge in [0.15, 0.2) is 11.4 Å². The Morgan fingerprint density at radius 2 is 2.36 bits per heavy atom. The molecule has 2 N–H and O–H groups in total. The maximum Gasteiger partial charge on any atom is 0.259 e. The average molecular weight is 197 g/mol. The van der Waals surface area contributed by atoms with E-state index in [4.69, 9.17) is 4.52 Å². The highest BCUT2D eigenvalue weighted by molar-refractivity contribution is 5.04. The van der Waals surface area contributed by atoms with Gasteiger partial charge in [0.2, 0.25) is 0 Å². The second-order valence-corrected chi connectivity index (χ2v) is 4.07. The molecular formula is C9H15N3O2. The largest absolute Gasteiger partial charge is 0.379 e. The van der Waals surface area contributed by atoms with Gasteiger partial charge in [0.1, 0.15) is 0 Å². The molecule has 2 rings (SSSR count). The summed E-state index contributed by atoms with van der Waals surface area (Å²) < 4.78 is 5.06. The monoisotopic (exact) mass is 197 g/mol. The van der Waals surface area contributed by atoms with E-state index >= 15 is 0 Å². The Hall–Kier alpha value is -0.940. The number of aliphatic hydroxyl groups is 1. The molecule has 1 saturated heterocycles. The first kappa shape index (κ1) is 9.61. The zero-order valence-electron chi connectivity index (χ0n) is 8.45. The Bertz CT molecular complexity index is 316. The third kappa shape index (κ3) is 1.53. The summed E-state index contributed by atoms with van der Waals surface area (Å²) in [7, 11) is 0. The molecule has 1 aliphatic rings. The molecule has 1 aliphatic heterocycles. The van der Waals surface area contributed by atoms with Crippen LogP contribution in [0.3, 0.4) is 0 Å². The van der Waals surface area contributed by atoms with Gasteiger partial charge in [-0.1, -0.05) is 19.0 Å². The summed E-state index contributed by atoms with van der Waals surface area (Å²) in [5.41, 5.74) is -0.958. The summed E-state index contributed by atoms with van der Waals surface area (Å²) >= 11 is 0. The van der Waals surface area contributed by atoms with E-state index in [-0.39, 0.29) is 5.92 Å². The lowest BCUT2D eigenvalue weighted by atomic mass is 10.0. The van der Waals surface area contributed by atoms with Crippen molar-refractivity contribution in [3.8, 4) is 0 Å². The van der Waals surface area contributed by atoms with Gasteiger partial charge in [-0.3, -0.25) is 0 Å². The Morgan fingerprint density at radius 1 is 1.57 bits per heavy atom. The lowest BCUT2D eigenvalue weighted by Gasteiger charge is -2.14. The lowest BCUT2D eigenvalue weighted by Crippen LogP contribution is -2.28. The molecule has 0 amide bonds. The first-order valence-corrected chi connectivity index (χ1v) is 4.89. The zero-order valence-corrected chi connectivity index (χ0v) is 8.45. The quantitative estimate of drug-likeness (QED) is 0.717. The van der Waals surface area contributed by atoms with Gasteiger partial charge in [0, 0.05) is 12.5 Å². The summed E-state index contributed by atoms with van der Waals surface area (Å²) in [5, 5.41) is 17.0. The maximum absolute atomic E-state index is 10.1. The van der Waals surface area contributed by atoms with Crippen molar-refractivity contribution in [2.75, 3.05) is 13.1 Å². The molecule has 0 radical (unpaired) electrons. The Balaban J connectivity index is 2.23. The number of rotatable bonds is 2. The minimum Gasteiger partial charge on any atom is -0.379 e. The Labute approximate surface area is 82.5 Å². The van der Waals surface area contributed by atoms with E-state index in [1.54, 1.807) is 0 Å². The number of nitrogens with zero attached hydrogens (tertiary/aromatic N) is 2. The molecule has 78 valence electrons. The predicted molar refractivity (Wildman–Crippen MR) is 49.8 cm³/mol. The minimum atomic E-state index is -0.958. The van der Waals surface area contributed by atoms with Crippen molar-refractivity contribution >= 4 is 0 Å². The van der Waals surface area contributed by atoms with Crippen molar-refractivity contribution in [2.45, 2.75) is 31.8 Å².